The lowest BCUT2D eigenvalue weighted by Crippen LogP contribution is -2.25. The summed E-state index contributed by atoms with van der Waals surface area (Å²) < 4.78 is 4.93. The number of rotatable bonds is 5. The molecule has 0 aliphatic carbocycles. The zero-order chi connectivity index (χ0) is 12.1. The van der Waals surface area contributed by atoms with Gasteiger partial charge in [0.05, 0.1) is 18.1 Å². The Bertz CT molecular complexity index is 382. The molecule has 0 saturated carbocycles. The zero-order valence-electron chi connectivity index (χ0n) is 9.27. The standard InChI is InChI=1S/C10H15N3O3/c1-7(6-11)12-9-4-3-8(16-2)5-10(9)13(14)15/h3-5,7,12H,6,11H2,1-2H3. The number of ether oxygens (including phenoxy) is 1. The fourth-order valence-electron chi connectivity index (χ4n) is 1.24. The van der Waals surface area contributed by atoms with Crippen molar-refractivity contribution in [3.05, 3.63) is 28.3 Å². The fourth-order valence-corrected chi connectivity index (χ4v) is 1.24. The largest absolute Gasteiger partial charge is 0.496 e. The maximum atomic E-state index is 10.8. The third kappa shape index (κ3) is 2.83. The van der Waals surface area contributed by atoms with Gasteiger partial charge in [0, 0.05) is 12.6 Å². The van der Waals surface area contributed by atoms with Gasteiger partial charge in [-0.3, -0.25) is 10.1 Å². The van der Waals surface area contributed by atoms with Crippen molar-refractivity contribution in [1.29, 1.82) is 0 Å². The molecule has 1 atom stereocenters. The van der Waals surface area contributed by atoms with Gasteiger partial charge in [-0.1, -0.05) is 0 Å². The Balaban J connectivity index is 3.03. The monoisotopic (exact) mass is 225 g/mol. The van der Waals surface area contributed by atoms with Gasteiger partial charge < -0.3 is 15.8 Å². The molecule has 1 aromatic carbocycles. The Kier molecular flexibility index (Phi) is 4.07. The molecule has 0 heterocycles. The number of hydrogen-bond donors (Lipinski definition) is 2. The predicted octanol–water partition coefficient (Wildman–Crippen LogP) is 1.36. The van der Waals surface area contributed by atoms with E-state index >= 15 is 0 Å². The molecule has 1 rings (SSSR count). The van der Waals surface area contributed by atoms with E-state index in [9.17, 15) is 10.1 Å². The van der Waals surface area contributed by atoms with Crippen molar-refractivity contribution in [3.8, 4) is 5.75 Å². The van der Waals surface area contributed by atoms with Crippen molar-refractivity contribution in [1.82, 2.24) is 0 Å². The summed E-state index contributed by atoms with van der Waals surface area (Å²) in [6.45, 7) is 2.26. The number of hydrogen-bond acceptors (Lipinski definition) is 5. The molecule has 0 radical (unpaired) electrons. The van der Waals surface area contributed by atoms with Crippen LogP contribution in [-0.2, 0) is 0 Å². The van der Waals surface area contributed by atoms with Gasteiger partial charge in [-0.2, -0.15) is 0 Å². The quantitative estimate of drug-likeness (QED) is 0.583. The Hall–Kier alpha value is -1.82. The first kappa shape index (κ1) is 12.3. The molecule has 6 nitrogen and oxygen atoms in total. The molecule has 16 heavy (non-hydrogen) atoms. The van der Waals surface area contributed by atoms with Crippen molar-refractivity contribution in [2.45, 2.75) is 13.0 Å². The molecule has 0 amide bonds. The Morgan fingerprint density at radius 1 is 1.62 bits per heavy atom. The van der Waals surface area contributed by atoms with Crippen molar-refractivity contribution in [3.63, 3.8) is 0 Å². The smallest absolute Gasteiger partial charge is 0.296 e. The summed E-state index contributed by atoms with van der Waals surface area (Å²) in [5.74, 6) is 0.456. The second-order valence-electron chi connectivity index (χ2n) is 3.42. The molecular formula is C10H15N3O3. The highest BCUT2D eigenvalue weighted by Gasteiger charge is 2.16. The van der Waals surface area contributed by atoms with E-state index in [0.29, 0.717) is 18.0 Å². The van der Waals surface area contributed by atoms with Crippen molar-refractivity contribution >= 4 is 11.4 Å². The van der Waals surface area contributed by atoms with Crippen LogP contribution in [-0.4, -0.2) is 24.6 Å². The van der Waals surface area contributed by atoms with E-state index in [1.54, 1.807) is 12.1 Å². The summed E-state index contributed by atoms with van der Waals surface area (Å²) in [7, 11) is 1.47. The van der Waals surface area contributed by atoms with Crippen LogP contribution in [0.4, 0.5) is 11.4 Å². The van der Waals surface area contributed by atoms with Crippen LogP contribution in [0.15, 0.2) is 18.2 Å². The molecular weight excluding hydrogens is 210 g/mol. The summed E-state index contributed by atoms with van der Waals surface area (Å²) in [6, 6.07) is 4.64. The lowest BCUT2D eigenvalue weighted by atomic mass is 10.2. The van der Waals surface area contributed by atoms with E-state index in [-0.39, 0.29) is 11.7 Å². The number of methoxy groups -OCH3 is 1. The average molecular weight is 225 g/mol. The first-order valence-corrected chi connectivity index (χ1v) is 4.87. The molecule has 0 aliphatic rings. The summed E-state index contributed by atoms with van der Waals surface area (Å²) in [5.41, 5.74) is 5.88. The highest BCUT2D eigenvalue weighted by Crippen LogP contribution is 2.29. The molecule has 0 aromatic heterocycles. The van der Waals surface area contributed by atoms with Crippen LogP contribution in [0.2, 0.25) is 0 Å². The Labute approximate surface area is 93.5 Å². The van der Waals surface area contributed by atoms with Gasteiger partial charge in [-0.05, 0) is 19.1 Å². The summed E-state index contributed by atoms with van der Waals surface area (Å²) in [6.07, 6.45) is 0. The van der Waals surface area contributed by atoms with Crippen LogP contribution >= 0.6 is 0 Å². The molecule has 0 saturated heterocycles. The van der Waals surface area contributed by atoms with Crippen LogP contribution in [0.25, 0.3) is 0 Å². The molecule has 1 aromatic rings. The van der Waals surface area contributed by atoms with Crippen LogP contribution in [0.3, 0.4) is 0 Å². The number of nitrogens with two attached hydrogens (primary N) is 1. The molecule has 6 heteroatoms. The van der Waals surface area contributed by atoms with Crippen molar-refractivity contribution < 1.29 is 9.66 Å². The minimum Gasteiger partial charge on any atom is -0.496 e. The molecule has 1 unspecified atom stereocenters. The van der Waals surface area contributed by atoms with E-state index in [4.69, 9.17) is 10.5 Å². The minimum absolute atomic E-state index is 0.0142. The Morgan fingerprint density at radius 3 is 2.81 bits per heavy atom. The molecule has 88 valence electrons. The highest BCUT2D eigenvalue weighted by molar-refractivity contribution is 5.64. The van der Waals surface area contributed by atoms with E-state index in [2.05, 4.69) is 5.32 Å². The topological polar surface area (TPSA) is 90.4 Å². The third-order valence-electron chi connectivity index (χ3n) is 2.16. The van der Waals surface area contributed by atoms with Gasteiger partial charge >= 0.3 is 0 Å². The van der Waals surface area contributed by atoms with Crippen LogP contribution in [0, 0.1) is 10.1 Å². The van der Waals surface area contributed by atoms with Crippen LogP contribution in [0.5, 0.6) is 5.75 Å². The molecule has 0 aliphatic heterocycles. The Morgan fingerprint density at radius 2 is 2.31 bits per heavy atom. The molecule has 0 spiro atoms. The van der Waals surface area contributed by atoms with Gasteiger partial charge in [0.15, 0.2) is 0 Å². The zero-order valence-corrected chi connectivity index (χ0v) is 9.27. The molecule has 0 fully saturated rings. The number of nitrogens with one attached hydrogen (secondary N) is 1. The maximum Gasteiger partial charge on any atom is 0.296 e. The van der Waals surface area contributed by atoms with E-state index in [1.165, 1.54) is 13.2 Å². The lowest BCUT2D eigenvalue weighted by Gasteiger charge is -2.13. The maximum absolute atomic E-state index is 10.8. The second kappa shape index (κ2) is 5.32. The summed E-state index contributed by atoms with van der Waals surface area (Å²) >= 11 is 0. The molecule has 0 bridgehead atoms. The SMILES string of the molecule is COc1ccc(NC(C)CN)c([N+](=O)[O-])c1. The normalized spacial score (nSPS) is 11.9. The van der Waals surface area contributed by atoms with Crippen LogP contribution < -0.4 is 15.8 Å². The highest BCUT2D eigenvalue weighted by atomic mass is 16.6. The number of benzene rings is 1. The van der Waals surface area contributed by atoms with Crippen molar-refractivity contribution in [2.24, 2.45) is 5.73 Å². The fraction of sp³-hybridized carbons (Fsp3) is 0.400. The minimum atomic E-state index is -0.450. The van der Waals surface area contributed by atoms with Gasteiger partial charge in [0.25, 0.3) is 5.69 Å². The number of nitrogens with zero attached hydrogens (tertiary/aromatic N) is 1. The number of nitro benzene ring substituents is 1. The number of nitro groups is 1. The van der Waals surface area contributed by atoms with E-state index in [1.807, 2.05) is 6.92 Å². The van der Waals surface area contributed by atoms with Gasteiger partial charge in [-0.15, -0.1) is 0 Å². The predicted molar refractivity (Wildman–Crippen MR) is 61.8 cm³/mol. The van der Waals surface area contributed by atoms with E-state index < -0.39 is 4.92 Å². The number of anilines is 1. The lowest BCUT2D eigenvalue weighted by molar-refractivity contribution is -0.384. The summed E-state index contributed by atoms with van der Waals surface area (Å²) in [4.78, 5) is 10.4. The van der Waals surface area contributed by atoms with Gasteiger partial charge in [-0.25, -0.2) is 0 Å². The van der Waals surface area contributed by atoms with Gasteiger partial charge in [0.2, 0.25) is 0 Å². The second-order valence-corrected chi connectivity index (χ2v) is 3.42. The average Bonchev–Trinajstić information content (AvgIpc) is 2.29. The first-order valence-electron chi connectivity index (χ1n) is 4.87. The van der Waals surface area contributed by atoms with E-state index in [0.717, 1.165) is 0 Å². The van der Waals surface area contributed by atoms with Gasteiger partial charge in [0.1, 0.15) is 11.4 Å². The summed E-state index contributed by atoms with van der Waals surface area (Å²) in [5, 5.41) is 13.8. The molecule has 3 N–H and O–H groups in total. The third-order valence-corrected chi connectivity index (χ3v) is 2.16. The van der Waals surface area contributed by atoms with Crippen molar-refractivity contribution in [2.75, 3.05) is 19.0 Å². The van der Waals surface area contributed by atoms with Crippen LogP contribution in [0.1, 0.15) is 6.92 Å². The first-order chi connectivity index (χ1) is 7.58.